The summed E-state index contributed by atoms with van der Waals surface area (Å²) in [7, 11) is 0. The van der Waals surface area contributed by atoms with E-state index < -0.39 is 51.2 Å². The van der Waals surface area contributed by atoms with Crippen LogP contribution in [0.4, 0.5) is 53.1 Å². The summed E-state index contributed by atoms with van der Waals surface area (Å²) in [6.07, 6.45) is -16.4. The van der Waals surface area contributed by atoms with Crippen LogP contribution in [0.5, 0.6) is 0 Å². The van der Waals surface area contributed by atoms with Crippen LogP contribution in [0.15, 0.2) is 0 Å². The minimum absolute atomic E-state index is 0.761. The van der Waals surface area contributed by atoms with Gasteiger partial charge in [-0.25, -0.2) is 9.18 Å². The predicted molar refractivity (Wildman–Crippen MR) is 52.8 cm³/mol. The van der Waals surface area contributed by atoms with Gasteiger partial charge in [-0.1, -0.05) is 6.92 Å². The highest BCUT2D eigenvalue weighted by Crippen LogP contribution is 2.24. The van der Waals surface area contributed by atoms with E-state index in [9.17, 15) is 48.3 Å². The molecule has 14 heteroatoms. The molecule has 0 aliphatic carbocycles. The summed E-state index contributed by atoms with van der Waals surface area (Å²) in [6.45, 7) is -3.77. The first-order chi connectivity index (χ1) is 10.1. The lowest BCUT2D eigenvalue weighted by atomic mass is 10.5. The van der Waals surface area contributed by atoms with Crippen LogP contribution in [-0.2, 0) is 9.47 Å². The van der Waals surface area contributed by atoms with Crippen molar-refractivity contribution in [2.24, 2.45) is 0 Å². The monoisotopic (exact) mass is 376 g/mol. The van der Waals surface area contributed by atoms with E-state index in [-0.39, 0.29) is 0 Å². The summed E-state index contributed by atoms with van der Waals surface area (Å²) in [5, 5.41) is 0. The highest BCUT2D eigenvalue weighted by atomic mass is 19.4. The first kappa shape index (κ1) is 26.7. The second-order valence-electron chi connectivity index (χ2n) is 3.19. The Morgan fingerprint density at radius 1 is 0.870 bits per heavy atom. The molecule has 0 heterocycles. The van der Waals surface area contributed by atoms with Gasteiger partial charge in [0.15, 0.2) is 6.86 Å². The first-order valence-electron chi connectivity index (χ1n) is 5.20. The van der Waals surface area contributed by atoms with Crippen molar-refractivity contribution in [3.8, 4) is 0 Å². The molecule has 0 aromatic rings. The van der Waals surface area contributed by atoms with Crippen molar-refractivity contribution < 1.29 is 62.6 Å². The number of ether oxygens (including phenoxy) is 2. The number of carbonyl (C=O) groups excluding carboxylic acids is 1. The SMILES string of the molecule is CCC(F)(F)OCC(F)(F)F.FCOCC(F)(F)F.O=C(F)F. The second-order valence-corrected chi connectivity index (χ2v) is 3.19. The molecule has 3 nitrogen and oxygen atoms in total. The van der Waals surface area contributed by atoms with Crippen LogP contribution in [0.1, 0.15) is 13.3 Å². The molecule has 0 unspecified atom stereocenters. The molecule has 0 spiro atoms. The predicted octanol–water partition coefficient (Wildman–Crippen LogP) is 5.11. The van der Waals surface area contributed by atoms with Gasteiger partial charge in [0.2, 0.25) is 0 Å². The van der Waals surface area contributed by atoms with Crippen LogP contribution in [0, 0.1) is 0 Å². The van der Waals surface area contributed by atoms with Crippen LogP contribution in [0.3, 0.4) is 0 Å². The molecule has 0 bridgehead atoms. The molecule has 142 valence electrons. The molecule has 0 N–H and O–H groups in total. The lowest BCUT2D eigenvalue weighted by Crippen LogP contribution is -2.27. The summed E-state index contributed by atoms with van der Waals surface area (Å²) in [5.41, 5.74) is 0. The summed E-state index contributed by atoms with van der Waals surface area (Å²) >= 11 is 0. The van der Waals surface area contributed by atoms with Crippen molar-refractivity contribution in [3.05, 3.63) is 0 Å². The third kappa shape index (κ3) is 38.6. The Balaban J connectivity index is -0.000000292. The van der Waals surface area contributed by atoms with Crippen molar-refractivity contribution in [2.75, 3.05) is 20.1 Å². The molecule has 0 aromatic heterocycles. The van der Waals surface area contributed by atoms with E-state index >= 15 is 0 Å². The molecule has 0 aliphatic heterocycles. The Labute approximate surface area is 122 Å². The van der Waals surface area contributed by atoms with Gasteiger partial charge in [-0.3, -0.25) is 0 Å². The maximum atomic E-state index is 12.0. The van der Waals surface area contributed by atoms with Crippen LogP contribution in [0.25, 0.3) is 0 Å². The van der Waals surface area contributed by atoms with E-state index in [0.29, 0.717) is 0 Å². The van der Waals surface area contributed by atoms with Gasteiger partial charge >= 0.3 is 24.8 Å². The lowest BCUT2D eigenvalue weighted by molar-refractivity contribution is -0.289. The molecule has 0 saturated carbocycles. The lowest BCUT2D eigenvalue weighted by Gasteiger charge is -2.15. The Morgan fingerprint density at radius 3 is 1.39 bits per heavy atom. The quantitative estimate of drug-likeness (QED) is 0.494. The number of hydrogen-bond acceptors (Lipinski definition) is 3. The summed E-state index contributed by atoms with van der Waals surface area (Å²) in [4.78, 5) is 8.11. The molecule has 0 radical (unpaired) electrons. The molecule has 0 amide bonds. The van der Waals surface area contributed by atoms with Gasteiger partial charge in [0.1, 0.15) is 13.2 Å². The summed E-state index contributed by atoms with van der Waals surface area (Å²) in [6, 6.07) is 0. The first-order valence-corrected chi connectivity index (χ1v) is 5.20. The minimum Gasteiger partial charge on any atom is -0.341 e. The Bertz CT molecular complexity index is 296. The van der Waals surface area contributed by atoms with E-state index in [1.165, 1.54) is 0 Å². The number of halogens is 11. The second kappa shape index (κ2) is 12.3. The van der Waals surface area contributed by atoms with Crippen LogP contribution >= 0.6 is 0 Å². The van der Waals surface area contributed by atoms with Gasteiger partial charge < -0.3 is 9.47 Å². The minimum atomic E-state index is -4.70. The molecule has 0 atom stereocenters. The Hall–Kier alpha value is -1.18. The summed E-state index contributed by atoms with van der Waals surface area (Å²) in [5.74, 6) is 0. The van der Waals surface area contributed by atoms with E-state index in [1.54, 1.807) is 0 Å². The van der Waals surface area contributed by atoms with Crippen molar-refractivity contribution >= 4 is 6.29 Å². The zero-order chi connectivity index (χ0) is 19.3. The molecule has 0 aliphatic rings. The average Bonchev–Trinajstić information content (AvgIpc) is 2.33. The van der Waals surface area contributed by atoms with Gasteiger partial charge in [0.05, 0.1) is 0 Å². The fourth-order valence-electron chi connectivity index (χ4n) is 0.444. The number of carbonyl (C=O) groups is 1. The van der Waals surface area contributed by atoms with Gasteiger partial charge in [-0.2, -0.15) is 35.1 Å². The van der Waals surface area contributed by atoms with Crippen molar-refractivity contribution in [2.45, 2.75) is 31.8 Å². The fraction of sp³-hybridized carbons (Fsp3) is 0.889. The van der Waals surface area contributed by atoms with Gasteiger partial charge in [0.25, 0.3) is 0 Å². The Morgan fingerprint density at radius 2 is 1.22 bits per heavy atom. The molecular formula is C9H11F11O3. The van der Waals surface area contributed by atoms with E-state index in [0.717, 1.165) is 6.92 Å². The Kier molecular flexibility index (Phi) is 14.2. The van der Waals surface area contributed by atoms with Crippen molar-refractivity contribution in [1.82, 2.24) is 0 Å². The van der Waals surface area contributed by atoms with Crippen molar-refractivity contribution in [1.29, 1.82) is 0 Å². The van der Waals surface area contributed by atoms with E-state index in [4.69, 9.17) is 4.79 Å². The summed E-state index contributed by atoms with van der Waals surface area (Å²) < 4.78 is 127. The van der Waals surface area contributed by atoms with Gasteiger partial charge in [-0.15, -0.1) is 8.78 Å². The highest BCUT2D eigenvalue weighted by Gasteiger charge is 2.35. The van der Waals surface area contributed by atoms with E-state index in [2.05, 4.69) is 9.47 Å². The molecule has 0 aromatic carbocycles. The molecular weight excluding hydrogens is 365 g/mol. The zero-order valence-corrected chi connectivity index (χ0v) is 11.2. The number of hydrogen-bond donors (Lipinski definition) is 0. The molecule has 23 heavy (non-hydrogen) atoms. The van der Waals surface area contributed by atoms with Crippen LogP contribution < -0.4 is 0 Å². The fourth-order valence-corrected chi connectivity index (χ4v) is 0.444. The number of alkyl halides is 9. The van der Waals surface area contributed by atoms with Gasteiger partial charge in [-0.05, 0) is 0 Å². The van der Waals surface area contributed by atoms with Crippen LogP contribution in [0.2, 0.25) is 0 Å². The third-order valence-electron chi connectivity index (χ3n) is 1.20. The van der Waals surface area contributed by atoms with Gasteiger partial charge in [0, 0.05) is 6.42 Å². The van der Waals surface area contributed by atoms with Crippen LogP contribution in [-0.4, -0.2) is 44.8 Å². The smallest absolute Gasteiger partial charge is 0.341 e. The third-order valence-corrected chi connectivity index (χ3v) is 1.20. The van der Waals surface area contributed by atoms with Crippen molar-refractivity contribution in [3.63, 3.8) is 0 Å². The standard InChI is InChI=1S/C5H7F5O.C3H4F4O.CF2O/c1-2-5(9,10)11-3-4(6,7)8;4-2-8-1-3(5,6)7;2-1(3)4/h2-3H2,1H3;1-2H2;. The largest absolute Gasteiger partial charge is 0.483 e. The maximum Gasteiger partial charge on any atom is 0.483 e. The average molecular weight is 376 g/mol. The topological polar surface area (TPSA) is 35.5 Å². The van der Waals surface area contributed by atoms with E-state index in [1.807, 2.05) is 0 Å². The normalized spacial score (nSPS) is 11.8. The zero-order valence-electron chi connectivity index (χ0n) is 11.2. The maximum absolute atomic E-state index is 12.0. The molecule has 0 fully saturated rings. The highest BCUT2D eigenvalue weighted by molar-refractivity contribution is 5.55. The molecule has 0 rings (SSSR count). The number of rotatable bonds is 5. The molecule has 0 saturated heterocycles.